The van der Waals surface area contributed by atoms with Crippen molar-refractivity contribution in [3.63, 3.8) is 0 Å². The van der Waals surface area contributed by atoms with Gasteiger partial charge in [-0.2, -0.15) is 0 Å². The van der Waals surface area contributed by atoms with E-state index >= 15 is 0 Å². The summed E-state index contributed by atoms with van der Waals surface area (Å²) in [6.07, 6.45) is -2.67. The van der Waals surface area contributed by atoms with Crippen LogP contribution in [0.25, 0.3) is 0 Å². The van der Waals surface area contributed by atoms with Crippen molar-refractivity contribution in [3.8, 4) is 0 Å². The minimum Gasteiger partial charge on any atom is -0.390 e. The van der Waals surface area contributed by atoms with Crippen LogP contribution in [0.15, 0.2) is 6.07 Å². The third-order valence-electron chi connectivity index (χ3n) is 1.38. The average Bonchev–Trinajstić information content (AvgIpc) is 2.09. The lowest BCUT2D eigenvalue weighted by atomic mass is 10.3. The molecule has 0 bridgehead atoms. The van der Waals surface area contributed by atoms with Crippen molar-refractivity contribution < 1.29 is 13.9 Å². The number of aromatic nitrogens is 1. The number of aliphatic hydroxyl groups excluding tert-OH is 1. The Bertz CT molecular complexity index is 322. The summed E-state index contributed by atoms with van der Waals surface area (Å²) in [5.41, 5.74) is -0.224. The van der Waals surface area contributed by atoms with Crippen LogP contribution in [0.1, 0.15) is 17.8 Å². The summed E-state index contributed by atoms with van der Waals surface area (Å²) in [6.45, 7) is -0.390. The van der Waals surface area contributed by atoms with Crippen molar-refractivity contribution in [2.75, 3.05) is 0 Å². The van der Waals surface area contributed by atoms with Gasteiger partial charge in [0.2, 0.25) is 0 Å². The summed E-state index contributed by atoms with van der Waals surface area (Å²) in [7, 11) is 0. The Morgan fingerprint density at radius 3 is 2.69 bits per heavy atom. The van der Waals surface area contributed by atoms with Crippen molar-refractivity contribution in [1.82, 2.24) is 4.98 Å². The van der Waals surface area contributed by atoms with Crippen LogP contribution in [0, 0.1) is 3.57 Å². The summed E-state index contributed by atoms with van der Waals surface area (Å²) < 4.78 is 24.9. The number of alkyl halides is 2. The second-order valence-electron chi connectivity index (χ2n) is 2.25. The van der Waals surface area contributed by atoms with Crippen LogP contribution >= 0.6 is 34.2 Å². The van der Waals surface area contributed by atoms with Crippen LogP contribution in [0.5, 0.6) is 0 Å². The normalized spacial score (nSPS) is 10.9. The van der Waals surface area contributed by atoms with E-state index in [9.17, 15) is 8.78 Å². The van der Waals surface area contributed by atoms with Gasteiger partial charge in [-0.05, 0) is 28.7 Å². The zero-order valence-corrected chi connectivity index (χ0v) is 9.18. The zero-order valence-electron chi connectivity index (χ0n) is 6.27. The smallest absolute Gasteiger partial charge is 0.280 e. The third-order valence-corrected chi connectivity index (χ3v) is 3.20. The molecule has 0 atom stereocenters. The maximum Gasteiger partial charge on any atom is 0.280 e. The second-order valence-corrected chi connectivity index (χ2v) is 3.73. The topological polar surface area (TPSA) is 33.1 Å². The molecule has 0 aromatic carbocycles. The quantitative estimate of drug-likeness (QED) is 0.850. The minimum atomic E-state index is -2.67. The first-order chi connectivity index (χ1) is 6.06. The Morgan fingerprint density at radius 2 is 2.23 bits per heavy atom. The van der Waals surface area contributed by atoms with Crippen molar-refractivity contribution >= 4 is 34.2 Å². The molecule has 0 unspecified atom stereocenters. The molecule has 1 rings (SSSR count). The molecule has 0 saturated heterocycles. The molecule has 2 nitrogen and oxygen atoms in total. The van der Waals surface area contributed by atoms with Crippen molar-refractivity contribution in [1.29, 1.82) is 0 Å². The molecule has 0 saturated carbocycles. The largest absolute Gasteiger partial charge is 0.390 e. The molecule has 1 N–H and O–H groups in total. The summed E-state index contributed by atoms with van der Waals surface area (Å²) in [6, 6.07) is 1.10. The number of hydrogen-bond donors (Lipinski definition) is 1. The Labute approximate surface area is 92.1 Å². The number of hydrogen-bond acceptors (Lipinski definition) is 2. The van der Waals surface area contributed by atoms with Crippen LogP contribution < -0.4 is 0 Å². The highest BCUT2D eigenvalue weighted by atomic mass is 127. The van der Waals surface area contributed by atoms with Gasteiger partial charge < -0.3 is 5.11 Å². The molecule has 1 aromatic rings. The van der Waals surface area contributed by atoms with Crippen LogP contribution in [0.4, 0.5) is 8.78 Å². The van der Waals surface area contributed by atoms with E-state index in [0.29, 0.717) is 3.57 Å². The zero-order chi connectivity index (χ0) is 10.0. The van der Waals surface area contributed by atoms with E-state index in [1.165, 1.54) is 0 Å². The Kier molecular flexibility index (Phi) is 3.81. The molecule has 0 spiro atoms. The van der Waals surface area contributed by atoms with E-state index < -0.39 is 18.7 Å². The van der Waals surface area contributed by atoms with E-state index in [-0.39, 0.29) is 10.7 Å². The first kappa shape index (κ1) is 11.1. The van der Waals surface area contributed by atoms with Gasteiger partial charge in [0, 0.05) is 0 Å². The van der Waals surface area contributed by atoms with Crippen molar-refractivity contribution in [2.24, 2.45) is 0 Å². The highest BCUT2D eigenvalue weighted by Crippen LogP contribution is 2.26. The maximum atomic E-state index is 12.2. The van der Waals surface area contributed by atoms with Gasteiger partial charge >= 0.3 is 0 Å². The number of aliphatic hydroxyl groups is 1. The molecule has 72 valence electrons. The van der Waals surface area contributed by atoms with E-state index in [2.05, 4.69) is 4.98 Å². The van der Waals surface area contributed by atoms with Crippen LogP contribution in [0.2, 0.25) is 5.02 Å². The predicted molar refractivity (Wildman–Crippen MR) is 52.8 cm³/mol. The van der Waals surface area contributed by atoms with Gasteiger partial charge in [0.25, 0.3) is 6.43 Å². The van der Waals surface area contributed by atoms with Crippen molar-refractivity contribution in [3.05, 3.63) is 26.0 Å². The van der Waals surface area contributed by atoms with Gasteiger partial charge in [-0.25, -0.2) is 13.8 Å². The van der Waals surface area contributed by atoms with E-state index in [1.807, 2.05) is 22.6 Å². The number of rotatable bonds is 2. The number of pyridine rings is 1. The predicted octanol–water partition coefficient (Wildman–Crippen LogP) is 2.77. The van der Waals surface area contributed by atoms with Crippen molar-refractivity contribution in [2.45, 2.75) is 13.0 Å². The monoisotopic (exact) mass is 319 g/mol. The summed E-state index contributed by atoms with van der Waals surface area (Å²) in [5.74, 6) is 0. The lowest BCUT2D eigenvalue weighted by molar-refractivity contribution is 0.145. The van der Waals surface area contributed by atoms with Gasteiger partial charge in [0.1, 0.15) is 5.69 Å². The number of halogens is 4. The molecule has 1 aromatic heterocycles. The highest BCUT2D eigenvalue weighted by Gasteiger charge is 2.14. The molecule has 0 aliphatic rings. The van der Waals surface area contributed by atoms with E-state index in [0.717, 1.165) is 6.07 Å². The number of nitrogens with zero attached hydrogens (tertiary/aromatic N) is 1. The molecule has 0 radical (unpaired) electrons. The first-order valence-corrected chi connectivity index (χ1v) is 4.75. The summed E-state index contributed by atoms with van der Waals surface area (Å²) >= 11 is 7.50. The lowest BCUT2D eigenvalue weighted by Gasteiger charge is -2.05. The summed E-state index contributed by atoms with van der Waals surface area (Å²) in [5, 5.41) is 8.97. The first-order valence-electron chi connectivity index (χ1n) is 3.30. The van der Waals surface area contributed by atoms with Gasteiger partial charge in [-0.1, -0.05) is 11.6 Å². The van der Waals surface area contributed by atoms with Gasteiger partial charge in [-0.15, -0.1) is 0 Å². The SMILES string of the molecule is OCc1nc(C(F)F)cc(Cl)c1I. The molecule has 0 aliphatic carbocycles. The highest BCUT2D eigenvalue weighted by molar-refractivity contribution is 14.1. The molecule has 1 heterocycles. The lowest BCUT2D eigenvalue weighted by Crippen LogP contribution is -2.00. The summed E-state index contributed by atoms with van der Waals surface area (Å²) in [4.78, 5) is 3.56. The second kappa shape index (κ2) is 4.47. The van der Waals surface area contributed by atoms with E-state index in [4.69, 9.17) is 16.7 Å². The molecular formula is C7H5ClF2INO. The average molecular weight is 319 g/mol. The van der Waals surface area contributed by atoms with Crippen LogP contribution in [-0.2, 0) is 6.61 Å². The van der Waals surface area contributed by atoms with Crippen LogP contribution in [0.3, 0.4) is 0 Å². The fourth-order valence-corrected chi connectivity index (χ4v) is 1.45. The van der Waals surface area contributed by atoms with Gasteiger partial charge in [0.15, 0.2) is 0 Å². The minimum absolute atomic E-state index is 0.184. The fraction of sp³-hybridized carbons (Fsp3) is 0.286. The Balaban J connectivity index is 3.22. The standard InChI is InChI=1S/C7H5ClF2INO/c8-3-1-4(7(9)10)12-5(2-13)6(3)11/h1,7,13H,2H2. The van der Waals surface area contributed by atoms with E-state index in [1.54, 1.807) is 0 Å². The molecule has 6 heteroatoms. The molecule has 0 amide bonds. The Morgan fingerprint density at radius 1 is 1.62 bits per heavy atom. The molecular weight excluding hydrogens is 314 g/mol. The van der Waals surface area contributed by atoms with Crippen LogP contribution in [-0.4, -0.2) is 10.1 Å². The molecule has 0 fully saturated rings. The Hall–Kier alpha value is -0.0100. The van der Waals surface area contributed by atoms with Gasteiger partial charge in [0.05, 0.1) is 20.9 Å². The molecule has 13 heavy (non-hydrogen) atoms. The fourth-order valence-electron chi connectivity index (χ4n) is 0.785. The third kappa shape index (κ3) is 2.47. The maximum absolute atomic E-state index is 12.2. The van der Waals surface area contributed by atoms with Gasteiger partial charge in [-0.3, -0.25) is 0 Å². The molecule has 0 aliphatic heterocycles.